The summed E-state index contributed by atoms with van der Waals surface area (Å²) in [6.07, 6.45) is 3.35. The summed E-state index contributed by atoms with van der Waals surface area (Å²) in [6, 6.07) is 1.12. The molecule has 0 N–H and O–H groups in total. The number of aromatic nitrogens is 6. The van der Waals surface area contributed by atoms with Crippen LogP contribution in [0.2, 0.25) is 31.0 Å². The minimum absolute atomic E-state index is 0.339. The third kappa shape index (κ3) is 2.92. The van der Waals surface area contributed by atoms with Gasteiger partial charge in [-0.05, 0) is 17.6 Å². The number of nitrogens with zero attached hydrogens (tertiary/aromatic N) is 6. The molecule has 0 radical (unpaired) electrons. The fourth-order valence-corrected chi connectivity index (χ4v) is 2.94. The van der Waals surface area contributed by atoms with Crippen LogP contribution in [0.5, 0.6) is 0 Å². The fraction of sp³-hybridized carbons (Fsp3) is 0.500. The van der Waals surface area contributed by atoms with E-state index in [1.807, 2.05) is 0 Å². The van der Waals surface area contributed by atoms with Crippen LogP contribution >= 0.6 is 11.6 Å². The third-order valence-electron chi connectivity index (χ3n) is 3.18. The first-order valence-corrected chi connectivity index (χ1v) is 10.8. The SMILES string of the molecule is C[Si](C)(C)CCOCn1nnc2c1ncc1cnc(Cl)n12. The molecule has 0 saturated heterocycles. The van der Waals surface area contributed by atoms with Crippen LogP contribution in [0.3, 0.4) is 0 Å². The Morgan fingerprint density at radius 1 is 1.19 bits per heavy atom. The molecule has 0 unspecified atom stereocenters. The van der Waals surface area contributed by atoms with Crippen molar-refractivity contribution >= 4 is 36.5 Å². The van der Waals surface area contributed by atoms with Crippen molar-refractivity contribution in [2.75, 3.05) is 6.61 Å². The van der Waals surface area contributed by atoms with Crippen molar-refractivity contribution in [2.45, 2.75) is 32.4 Å². The minimum atomic E-state index is -1.08. The number of fused-ring (bicyclic) bond motifs is 3. The third-order valence-corrected chi connectivity index (χ3v) is 5.15. The molecule has 0 spiro atoms. The first-order valence-electron chi connectivity index (χ1n) is 6.75. The van der Waals surface area contributed by atoms with Crippen molar-refractivity contribution in [2.24, 2.45) is 0 Å². The second-order valence-electron chi connectivity index (χ2n) is 6.13. The highest BCUT2D eigenvalue weighted by molar-refractivity contribution is 6.76. The van der Waals surface area contributed by atoms with Crippen LogP contribution in [-0.2, 0) is 11.5 Å². The smallest absolute Gasteiger partial charge is 0.209 e. The van der Waals surface area contributed by atoms with Crippen LogP contribution in [0, 0.1) is 0 Å². The summed E-state index contributed by atoms with van der Waals surface area (Å²) in [6.45, 7) is 8.03. The van der Waals surface area contributed by atoms with Gasteiger partial charge in [0, 0.05) is 14.7 Å². The molecule has 0 atom stereocenters. The van der Waals surface area contributed by atoms with Gasteiger partial charge in [0.05, 0.1) is 17.9 Å². The van der Waals surface area contributed by atoms with E-state index in [0.29, 0.717) is 23.3 Å². The lowest BCUT2D eigenvalue weighted by molar-refractivity contribution is 0.0799. The van der Waals surface area contributed by atoms with Crippen LogP contribution in [0.4, 0.5) is 0 Å². The van der Waals surface area contributed by atoms with E-state index >= 15 is 0 Å². The highest BCUT2D eigenvalue weighted by atomic mass is 35.5. The van der Waals surface area contributed by atoms with Crippen LogP contribution in [-0.4, -0.2) is 44.0 Å². The summed E-state index contributed by atoms with van der Waals surface area (Å²) in [5, 5.41) is 8.56. The zero-order valence-corrected chi connectivity index (χ0v) is 14.0. The monoisotopic (exact) mass is 324 g/mol. The van der Waals surface area contributed by atoms with Gasteiger partial charge in [-0.15, -0.1) is 5.10 Å². The molecule has 9 heteroatoms. The van der Waals surface area contributed by atoms with Crippen LogP contribution < -0.4 is 0 Å². The Morgan fingerprint density at radius 3 is 2.71 bits per heavy atom. The van der Waals surface area contributed by atoms with E-state index in [9.17, 15) is 0 Å². The molecule has 0 aromatic carbocycles. The van der Waals surface area contributed by atoms with Crippen molar-refractivity contribution in [1.82, 2.24) is 29.4 Å². The van der Waals surface area contributed by atoms with Gasteiger partial charge in [-0.25, -0.2) is 9.97 Å². The lowest BCUT2D eigenvalue weighted by atomic mass is 10.5. The number of halogens is 1. The van der Waals surface area contributed by atoms with Gasteiger partial charge >= 0.3 is 0 Å². The van der Waals surface area contributed by atoms with E-state index in [1.165, 1.54) is 0 Å². The molecule has 0 fully saturated rings. The van der Waals surface area contributed by atoms with Crippen molar-refractivity contribution in [3.63, 3.8) is 0 Å². The number of hydrogen-bond donors (Lipinski definition) is 0. The second kappa shape index (κ2) is 5.36. The Bertz CT molecular complexity index is 777. The number of ether oxygens (including phenoxy) is 1. The average Bonchev–Trinajstić information content (AvgIpc) is 2.98. The maximum Gasteiger partial charge on any atom is 0.209 e. The molecule has 3 aromatic rings. The molecule has 3 aromatic heterocycles. The molecular formula is C12H17ClN6OSi. The van der Waals surface area contributed by atoms with Gasteiger partial charge in [0.25, 0.3) is 0 Å². The van der Waals surface area contributed by atoms with E-state index in [1.54, 1.807) is 21.5 Å². The predicted molar refractivity (Wildman–Crippen MR) is 83.2 cm³/mol. The molecule has 7 nitrogen and oxygen atoms in total. The minimum Gasteiger partial charge on any atom is -0.359 e. The molecule has 3 rings (SSSR count). The Balaban J connectivity index is 1.81. The Labute approximate surface area is 127 Å². The molecule has 0 aliphatic carbocycles. The Kier molecular flexibility index (Phi) is 3.68. The van der Waals surface area contributed by atoms with E-state index in [-0.39, 0.29) is 0 Å². The maximum atomic E-state index is 6.06. The molecule has 0 bridgehead atoms. The summed E-state index contributed by atoms with van der Waals surface area (Å²) < 4.78 is 9.04. The molecule has 3 heterocycles. The maximum absolute atomic E-state index is 6.06. The van der Waals surface area contributed by atoms with E-state index in [0.717, 1.165) is 18.2 Å². The van der Waals surface area contributed by atoms with Crippen molar-refractivity contribution in [3.05, 3.63) is 17.7 Å². The Morgan fingerprint density at radius 2 is 1.95 bits per heavy atom. The van der Waals surface area contributed by atoms with Crippen molar-refractivity contribution in [3.8, 4) is 0 Å². The molecular weight excluding hydrogens is 308 g/mol. The summed E-state index contributed by atoms with van der Waals surface area (Å²) in [7, 11) is -1.08. The molecule has 0 aliphatic rings. The van der Waals surface area contributed by atoms with Crippen LogP contribution in [0.25, 0.3) is 16.8 Å². The van der Waals surface area contributed by atoms with Gasteiger partial charge in [0.2, 0.25) is 10.9 Å². The molecule has 0 saturated carbocycles. The molecule has 0 aliphatic heterocycles. The van der Waals surface area contributed by atoms with E-state index in [2.05, 4.69) is 39.9 Å². The summed E-state index contributed by atoms with van der Waals surface area (Å²) in [5.74, 6) is 0. The lowest BCUT2D eigenvalue weighted by Gasteiger charge is -2.15. The average molecular weight is 325 g/mol. The molecule has 0 amide bonds. The van der Waals surface area contributed by atoms with Crippen molar-refractivity contribution < 1.29 is 4.74 Å². The lowest BCUT2D eigenvalue weighted by Crippen LogP contribution is -2.22. The highest BCUT2D eigenvalue weighted by Crippen LogP contribution is 2.17. The van der Waals surface area contributed by atoms with Gasteiger partial charge in [-0.2, -0.15) is 4.68 Å². The van der Waals surface area contributed by atoms with E-state index in [4.69, 9.17) is 16.3 Å². The van der Waals surface area contributed by atoms with Gasteiger partial charge < -0.3 is 4.74 Å². The number of imidazole rings is 1. The van der Waals surface area contributed by atoms with Gasteiger partial charge in [0.1, 0.15) is 6.73 Å². The zero-order chi connectivity index (χ0) is 15.0. The van der Waals surface area contributed by atoms with Gasteiger partial charge in [-0.1, -0.05) is 24.9 Å². The summed E-state index contributed by atoms with van der Waals surface area (Å²) in [5.41, 5.74) is 2.01. The molecule has 112 valence electrons. The topological polar surface area (TPSA) is 70.1 Å². The van der Waals surface area contributed by atoms with Gasteiger partial charge in [0.15, 0.2) is 5.65 Å². The van der Waals surface area contributed by atoms with Crippen LogP contribution in [0.1, 0.15) is 0 Å². The van der Waals surface area contributed by atoms with Gasteiger partial charge in [-0.3, -0.25) is 4.40 Å². The second-order valence-corrected chi connectivity index (χ2v) is 12.1. The molecule has 21 heavy (non-hydrogen) atoms. The normalized spacial score (nSPS) is 12.6. The largest absolute Gasteiger partial charge is 0.359 e. The quantitative estimate of drug-likeness (QED) is 0.532. The van der Waals surface area contributed by atoms with Crippen LogP contribution in [0.15, 0.2) is 12.4 Å². The summed E-state index contributed by atoms with van der Waals surface area (Å²) >= 11 is 6.06. The number of hydrogen-bond acceptors (Lipinski definition) is 5. The number of rotatable bonds is 5. The standard InChI is InChI=1S/C12H17ClN6OSi/c1-21(2,3)5-4-20-8-18-10-11(16-17-18)19-9(6-14-10)7-15-12(19)13/h6-7H,4-5,8H2,1-3H3. The predicted octanol–water partition coefficient (Wildman–Crippen LogP) is 2.44. The first-order chi connectivity index (χ1) is 9.96. The van der Waals surface area contributed by atoms with E-state index < -0.39 is 8.07 Å². The fourth-order valence-electron chi connectivity index (χ4n) is 1.95. The van der Waals surface area contributed by atoms with Crippen molar-refractivity contribution in [1.29, 1.82) is 0 Å². The highest BCUT2D eigenvalue weighted by Gasteiger charge is 2.14. The zero-order valence-electron chi connectivity index (χ0n) is 12.2. The first kappa shape index (κ1) is 14.4. The summed E-state index contributed by atoms with van der Waals surface area (Å²) in [4.78, 5) is 8.40. The Hall–Kier alpha value is -1.51.